The maximum Gasteiger partial charge on any atom is 0.265 e. The van der Waals surface area contributed by atoms with Crippen molar-refractivity contribution < 1.29 is 19.1 Å². The number of carbonyl (C=O) groups excluding carboxylic acids is 2. The van der Waals surface area contributed by atoms with Crippen molar-refractivity contribution in [3.05, 3.63) is 90.0 Å². The molecule has 0 unspecified atom stereocenters. The fourth-order valence-corrected chi connectivity index (χ4v) is 3.49. The summed E-state index contributed by atoms with van der Waals surface area (Å²) < 4.78 is 11.3. The third kappa shape index (κ3) is 6.01. The Kier molecular flexibility index (Phi) is 7.05. The summed E-state index contributed by atoms with van der Waals surface area (Å²) in [5, 5.41) is 2.85. The summed E-state index contributed by atoms with van der Waals surface area (Å²) in [6.45, 7) is 3.00. The molecular formula is C27H26N2O4. The number of rotatable bonds is 8. The van der Waals surface area contributed by atoms with Gasteiger partial charge in [0, 0.05) is 18.3 Å². The molecule has 0 atom stereocenters. The number of hydrogen-bond donors (Lipinski definition) is 1. The van der Waals surface area contributed by atoms with Crippen LogP contribution in [0.15, 0.2) is 78.9 Å². The molecule has 3 aromatic carbocycles. The van der Waals surface area contributed by atoms with E-state index in [2.05, 4.69) is 5.32 Å². The van der Waals surface area contributed by atoms with Gasteiger partial charge in [0.05, 0.1) is 12.3 Å². The van der Waals surface area contributed by atoms with Gasteiger partial charge in [-0.3, -0.25) is 9.59 Å². The predicted octanol–water partition coefficient (Wildman–Crippen LogP) is 4.84. The molecular weight excluding hydrogens is 416 g/mol. The van der Waals surface area contributed by atoms with Crippen LogP contribution in [-0.4, -0.2) is 31.6 Å². The summed E-state index contributed by atoms with van der Waals surface area (Å²) >= 11 is 0. The number of para-hydroxylation sites is 1. The molecule has 1 heterocycles. The van der Waals surface area contributed by atoms with Gasteiger partial charge in [0.2, 0.25) is 5.91 Å². The second-order valence-corrected chi connectivity index (χ2v) is 7.76. The number of ether oxygens (including phenoxy) is 2. The van der Waals surface area contributed by atoms with Crippen molar-refractivity contribution in [2.24, 2.45) is 0 Å². The zero-order valence-corrected chi connectivity index (χ0v) is 18.5. The van der Waals surface area contributed by atoms with E-state index in [9.17, 15) is 9.59 Å². The van der Waals surface area contributed by atoms with E-state index in [4.69, 9.17) is 9.47 Å². The van der Waals surface area contributed by atoms with E-state index in [-0.39, 0.29) is 18.4 Å². The predicted molar refractivity (Wildman–Crippen MR) is 130 cm³/mol. The molecule has 168 valence electrons. The molecule has 1 N–H and O–H groups in total. The van der Waals surface area contributed by atoms with Gasteiger partial charge in [-0.15, -0.1) is 0 Å². The highest BCUT2D eigenvalue weighted by Crippen LogP contribution is 2.34. The lowest BCUT2D eigenvalue weighted by molar-refractivity contribution is -0.121. The minimum atomic E-state index is -0.249. The Morgan fingerprint density at radius 3 is 2.67 bits per heavy atom. The Morgan fingerprint density at radius 2 is 1.88 bits per heavy atom. The van der Waals surface area contributed by atoms with Gasteiger partial charge in [-0.1, -0.05) is 48.0 Å². The molecule has 0 bridgehead atoms. The monoisotopic (exact) mass is 442 g/mol. The maximum absolute atomic E-state index is 12.5. The normalized spacial score (nSPS) is 12.9. The van der Waals surface area contributed by atoms with Crippen LogP contribution in [0.2, 0.25) is 0 Å². The highest BCUT2D eigenvalue weighted by Gasteiger charge is 2.25. The molecule has 1 aliphatic heterocycles. The van der Waals surface area contributed by atoms with E-state index in [1.54, 1.807) is 29.2 Å². The van der Waals surface area contributed by atoms with Gasteiger partial charge in [0.25, 0.3) is 5.91 Å². The van der Waals surface area contributed by atoms with Gasteiger partial charge in [0.1, 0.15) is 11.5 Å². The average Bonchev–Trinajstić information content (AvgIpc) is 2.83. The van der Waals surface area contributed by atoms with Crippen LogP contribution in [0.5, 0.6) is 11.5 Å². The Bertz CT molecular complexity index is 1140. The average molecular weight is 443 g/mol. The first-order chi connectivity index (χ1) is 16.1. The first-order valence-electron chi connectivity index (χ1n) is 10.9. The Hall–Kier alpha value is -4.06. The van der Waals surface area contributed by atoms with Crippen LogP contribution in [0.25, 0.3) is 6.08 Å². The molecule has 0 radical (unpaired) electrons. The van der Waals surface area contributed by atoms with E-state index < -0.39 is 0 Å². The molecule has 6 nitrogen and oxygen atoms in total. The van der Waals surface area contributed by atoms with Crippen molar-refractivity contribution in [2.45, 2.75) is 13.3 Å². The first kappa shape index (κ1) is 22.1. The van der Waals surface area contributed by atoms with Crippen molar-refractivity contribution in [3.63, 3.8) is 0 Å². The molecule has 0 aromatic heterocycles. The highest BCUT2D eigenvalue weighted by atomic mass is 16.5. The van der Waals surface area contributed by atoms with Crippen molar-refractivity contribution in [2.75, 3.05) is 30.0 Å². The number of nitrogens with one attached hydrogen (secondary N) is 1. The Balaban J connectivity index is 1.38. The number of aryl methyl sites for hydroxylation is 1. The summed E-state index contributed by atoms with van der Waals surface area (Å²) in [7, 11) is 0. The minimum absolute atomic E-state index is 0.00244. The van der Waals surface area contributed by atoms with Crippen LogP contribution >= 0.6 is 0 Å². The molecule has 0 fully saturated rings. The Labute approximate surface area is 193 Å². The summed E-state index contributed by atoms with van der Waals surface area (Å²) in [6, 6.07) is 22.8. The zero-order valence-electron chi connectivity index (χ0n) is 18.5. The smallest absolute Gasteiger partial charge is 0.265 e. The topological polar surface area (TPSA) is 67.9 Å². The summed E-state index contributed by atoms with van der Waals surface area (Å²) in [4.78, 5) is 26.6. The number of benzene rings is 3. The van der Waals surface area contributed by atoms with Crippen LogP contribution in [0.4, 0.5) is 11.4 Å². The number of hydrogen-bond acceptors (Lipinski definition) is 4. The van der Waals surface area contributed by atoms with Crippen LogP contribution in [0.3, 0.4) is 0 Å². The SMILES string of the molecule is Cc1ccc(/C=C/C(=O)Nc2ccc3c(c2)N(CCCOc2ccccc2)C(=O)CO3)cc1. The van der Waals surface area contributed by atoms with Crippen molar-refractivity contribution >= 4 is 29.3 Å². The first-order valence-corrected chi connectivity index (χ1v) is 10.9. The third-order valence-electron chi connectivity index (χ3n) is 5.21. The van der Waals surface area contributed by atoms with Crippen LogP contribution in [0, 0.1) is 6.92 Å². The van der Waals surface area contributed by atoms with Gasteiger partial charge in [-0.25, -0.2) is 0 Å². The van der Waals surface area contributed by atoms with Crippen molar-refractivity contribution in [1.82, 2.24) is 0 Å². The van der Waals surface area contributed by atoms with Gasteiger partial charge in [0.15, 0.2) is 6.61 Å². The molecule has 0 saturated heterocycles. The van der Waals surface area contributed by atoms with E-state index in [0.29, 0.717) is 36.7 Å². The van der Waals surface area contributed by atoms with Crippen LogP contribution in [0.1, 0.15) is 17.5 Å². The largest absolute Gasteiger partial charge is 0.494 e. The molecule has 4 rings (SSSR count). The second-order valence-electron chi connectivity index (χ2n) is 7.76. The summed E-state index contributed by atoms with van der Waals surface area (Å²) in [5.74, 6) is 1.05. The number of anilines is 2. The highest BCUT2D eigenvalue weighted by molar-refractivity contribution is 6.03. The summed E-state index contributed by atoms with van der Waals surface area (Å²) in [5.41, 5.74) is 3.35. The summed E-state index contributed by atoms with van der Waals surface area (Å²) in [6.07, 6.45) is 3.92. The molecule has 0 saturated carbocycles. The van der Waals surface area contributed by atoms with Gasteiger partial charge >= 0.3 is 0 Å². The molecule has 2 amide bonds. The van der Waals surface area contributed by atoms with Crippen molar-refractivity contribution in [3.8, 4) is 11.5 Å². The van der Waals surface area contributed by atoms with Gasteiger partial charge in [-0.2, -0.15) is 0 Å². The van der Waals surface area contributed by atoms with Gasteiger partial charge < -0.3 is 19.7 Å². The quantitative estimate of drug-likeness (QED) is 0.400. The van der Waals surface area contributed by atoms with Crippen LogP contribution < -0.4 is 19.7 Å². The number of carbonyl (C=O) groups is 2. The number of amides is 2. The third-order valence-corrected chi connectivity index (χ3v) is 5.21. The van der Waals surface area contributed by atoms with Gasteiger partial charge in [-0.05, 0) is 55.3 Å². The second kappa shape index (κ2) is 10.5. The zero-order chi connectivity index (χ0) is 23.0. The van der Waals surface area contributed by atoms with Crippen molar-refractivity contribution in [1.29, 1.82) is 0 Å². The van der Waals surface area contributed by atoms with E-state index in [1.807, 2.05) is 61.5 Å². The molecule has 0 spiro atoms. The standard InChI is InChI=1S/C27H26N2O4/c1-20-8-10-21(11-9-20)12-15-26(30)28-22-13-14-25-24(18-22)29(27(31)19-33-25)16-5-17-32-23-6-3-2-4-7-23/h2-4,6-15,18H,5,16-17,19H2,1H3,(H,28,30)/b15-12+. The Morgan fingerprint density at radius 1 is 1.09 bits per heavy atom. The van der Waals surface area contributed by atoms with Crippen LogP contribution in [-0.2, 0) is 9.59 Å². The molecule has 33 heavy (non-hydrogen) atoms. The molecule has 0 aliphatic carbocycles. The number of nitrogens with zero attached hydrogens (tertiary/aromatic N) is 1. The van der Waals surface area contributed by atoms with E-state index in [0.717, 1.165) is 11.3 Å². The maximum atomic E-state index is 12.5. The molecule has 1 aliphatic rings. The molecule has 6 heteroatoms. The lowest BCUT2D eigenvalue weighted by Gasteiger charge is -2.29. The number of fused-ring (bicyclic) bond motifs is 1. The lowest BCUT2D eigenvalue weighted by atomic mass is 10.1. The lowest BCUT2D eigenvalue weighted by Crippen LogP contribution is -2.39. The van der Waals surface area contributed by atoms with E-state index in [1.165, 1.54) is 11.6 Å². The molecule has 3 aromatic rings. The van der Waals surface area contributed by atoms with E-state index >= 15 is 0 Å². The minimum Gasteiger partial charge on any atom is -0.494 e. The fraction of sp³-hybridized carbons (Fsp3) is 0.185. The fourth-order valence-electron chi connectivity index (χ4n) is 3.49.